The Bertz CT molecular complexity index is 362. The minimum atomic E-state index is -0.131. The first-order chi connectivity index (χ1) is 7.70. The van der Waals surface area contributed by atoms with E-state index in [1.807, 2.05) is 12.1 Å². The summed E-state index contributed by atoms with van der Waals surface area (Å²) in [4.78, 5) is 2.28. The SMILES string of the molecule is COc1cc(N2CCC(O)CC2)ccc1Br. The Morgan fingerprint density at radius 3 is 2.69 bits per heavy atom. The largest absolute Gasteiger partial charge is 0.495 e. The summed E-state index contributed by atoms with van der Waals surface area (Å²) in [6, 6.07) is 6.10. The molecule has 2 rings (SSSR count). The number of rotatable bonds is 2. The highest BCUT2D eigenvalue weighted by atomic mass is 79.9. The molecule has 0 aliphatic carbocycles. The molecule has 4 heteroatoms. The average Bonchev–Trinajstić information content (AvgIpc) is 2.31. The minimum Gasteiger partial charge on any atom is -0.495 e. The average molecular weight is 286 g/mol. The number of aliphatic hydroxyl groups is 1. The number of anilines is 1. The molecule has 1 saturated heterocycles. The Hall–Kier alpha value is -0.740. The lowest BCUT2D eigenvalue weighted by Gasteiger charge is -2.31. The van der Waals surface area contributed by atoms with Gasteiger partial charge in [0.1, 0.15) is 5.75 Å². The Morgan fingerprint density at radius 1 is 1.38 bits per heavy atom. The molecule has 0 amide bonds. The number of methoxy groups -OCH3 is 1. The Morgan fingerprint density at radius 2 is 2.06 bits per heavy atom. The van der Waals surface area contributed by atoms with Gasteiger partial charge in [0.15, 0.2) is 0 Å². The van der Waals surface area contributed by atoms with Gasteiger partial charge in [-0.1, -0.05) is 0 Å². The molecule has 3 nitrogen and oxygen atoms in total. The highest BCUT2D eigenvalue weighted by Crippen LogP contribution is 2.30. The van der Waals surface area contributed by atoms with Crippen molar-refractivity contribution in [3.63, 3.8) is 0 Å². The topological polar surface area (TPSA) is 32.7 Å². The second-order valence-corrected chi connectivity index (χ2v) is 4.89. The molecule has 1 aromatic carbocycles. The predicted octanol–water partition coefficient (Wildman–Crippen LogP) is 2.42. The van der Waals surface area contributed by atoms with Gasteiger partial charge in [-0.05, 0) is 40.9 Å². The molecule has 1 N–H and O–H groups in total. The molecule has 0 atom stereocenters. The van der Waals surface area contributed by atoms with Gasteiger partial charge in [-0.15, -0.1) is 0 Å². The fourth-order valence-corrected chi connectivity index (χ4v) is 2.38. The Labute approximate surface area is 104 Å². The van der Waals surface area contributed by atoms with Crippen LogP contribution in [-0.4, -0.2) is 31.4 Å². The number of halogens is 1. The zero-order valence-electron chi connectivity index (χ0n) is 9.32. The number of hydrogen-bond acceptors (Lipinski definition) is 3. The van der Waals surface area contributed by atoms with Crippen molar-refractivity contribution in [2.75, 3.05) is 25.1 Å². The van der Waals surface area contributed by atoms with Gasteiger partial charge in [0.2, 0.25) is 0 Å². The van der Waals surface area contributed by atoms with E-state index in [2.05, 4.69) is 26.9 Å². The van der Waals surface area contributed by atoms with Crippen LogP contribution < -0.4 is 9.64 Å². The highest BCUT2D eigenvalue weighted by molar-refractivity contribution is 9.10. The molecule has 1 aromatic rings. The maximum absolute atomic E-state index is 9.46. The van der Waals surface area contributed by atoms with Crippen LogP contribution in [0.1, 0.15) is 12.8 Å². The van der Waals surface area contributed by atoms with Crippen LogP contribution in [0.3, 0.4) is 0 Å². The Balaban J connectivity index is 2.14. The molecule has 0 radical (unpaired) electrons. The van der Waals surface area contributed by atoms with Crippen molar-refractivity contribution in [1.29, 1.82) is 0 Å². The van der Waals surface area contributed by atoms with Crippen molar-refractivity contribution < 1.29 is 9.84 Å². The maximum atomic E-state index is 9.46. The third kappa shape index (κ3) is 2.50. The van der Waals surface area contributed by atoms with Crippen molar-refractivity contribution >= 4 is 21.6 Å². The van der Waals surface area contributed by atoms with E-state index in [9.17, 15) is 5.11 Å². The standard InChI is InChI=1S/C12H16BrNO2/c1-16-12-8-9(2-3-11(12)13)14-6-4-10(15)5-7-14/h2-3,8,10,15H,4-7H2,1H3. The Kier molecular flexibility index (Phi) is 3.71. The molecule has 1 aliphatic rings. The zero-order valence-corrected chi connectivity index (χ0v) is 10.9. The number of aliphatic hydroxyl groups excluding tert-OH is 1. The normalized spacial score (nSPS) is 17.6. The van der Waals surface area contributed by atoms with E-state index in [0.717, 1.165) is 41.8 Å². The van der Waals surface area contributed by atoms with Gasteiger partial charge in [0.05, 0.1) is 17.7 Å². The van der Waals surface area contributed by atoms with Gasteiger partial charge < -0.3 is 14.7 Å². The second-order valence-electron chi connectivity index (χ2n) is 4.04. The summed E-state index contributed by atoms with van der Waals surface area (Å²) in [5, 5.41) is 9.46. The summed E-state index contributed by atoms with van der Waals surface area (Å²) in [6.45, 7) is 1.82. The monoisotopic (exact) mass is 285 g/mol. The van der Waals surface area contributed by atoms with E-state index >= 15 is 0 Å². The van der Waals surface area contributed by atoms with Crippen LogP contribution in [0, 0.1) is 0 Å². The number of nitrogens with zero attached hydrogens (tertiary/aromatic N) is 1. The lowest BCUT2D eigenvalue weighted by Crippen LogP contribution is -2.35. The first kappa shape index (κ1) is 11.7. The van der Waals surface area contributed by atoms with Crippen molar-refractivity contribution in [3.8, 4) is 5.75 Å². The predicted molar refractivity (Wildman–Crippen MR) is 68.1 cm³/mol. The molecule has 16 heavy (non-hydrogen) atoms. The maximum Gasteiger partial charge on any atom is 0.135 e. The molecule has 0 bridgehead atoms. The van der Waals surface area contributed by atoms with E-state index in [-0.39, 0.29) is 6.10 Å². The van der Waals surface area contributed by atoms with Crippen molar-refractivity contribution in [2.24, 2.45) is 0 Å². The fraction of sp³-hybridized carbons (Fsp3) is 0.500. The molecule has 1 heterocycles. The van der Waals surface area contributed by atoms with Crippen LogP contribution in [0.15, 0.2) is 22.7 Å². The van der Waals surface area contributed by atoms with Crippen LogP contribution >= 0.6 is 15.9 Å². The van der Waals surface area contributed by atoms with E-state index in [1.54, 1.807) is 7.11 Å². The molecule has 0 unspecified atom stereocenters. The van der Waals surface area contributed by atoms with Crippen LogP contribution in [0.2, 0.25) is 0 Å². The number of benzene rings is 1. The second kappa shape index (κ2) is 5.06. The summed E-state index contributed by atoms with van der Waals surface area (Å²) in [5.41, 5.74) is 1.16. The summed E-state index contributed by atoms with van der Waals surface area (Å²) in [6.07, 6.45) is 1.56. The van der Waals surface area contributed by atoms with E-state index in [0.29, 0.717) is 0 Å². The van der Waals surface area contributed by atoms with Gasteiger partial charge in [-0.2, -0.15) is 0 Å². The summed E-state index contributed by atoms with van der Waals surface area (Å²) in [5.74, 6) is 0.851. The third-order valence-corrected chi connectivity index (χ3v) is 3.62. The van der Waals surface area contributed by atoms with Crippen LogP contribution in [0.4, 0.5) is 5.69 Å². The van der Waals surface area contributed by atoms with Gasteiger partial charge in [0.25, 0.3) is 0 Å². The van der Waals surface area contributed by atoms with Crippen molar-refractivity contribution in [3.05, 3.63) is 22.7 Å². The highest BCUT2D eigenvalue weighted by Gasteiger charge is 2.17. The summed E-state index contributed by atoms with van der Waals surface area (Å²) in [7, 11) is 1.67. The van der Waals surface area contributed by atoms with Crippen LogP contribution in [0.25, 0.3) is 0 Å². The van der Waals surface area contributed by atoms with Gasteiger partial charge >= 0.3 is 0 Å². The molecule has 1 fully saturated rings. The molecule has 1 aliphatic heterocycles. The van der Waals surface area contributed by atoms with Gasteiger partial charge in [-0.25, -0.2) is 0 Å². The number of hydrogen-bond donors (Lipinski definition) is 1. The van der Waals surface area contributed by atoms with Gasteiger partial charge in [-0.3, -0.25) is 0 Å². The minimum absolute atomic E-state index is 0.131. The summed E-state index contributed by atoms with van der Waals surface area (Å²) < 4.78 is 6.24. The fourth-order valence-electron chi connectivity index (χ4n) is 1.97. The van der Waals surface area contributed by atoms with Crippen LogP contribution in [0.5, 0.6) is 5.75 Å². The first-order valence-electron chi connectivity index (χ1n) is 5.47. The quantitative estimate of drug-likeness (QED) is 0.906. The van der Waals surface area contributed by atoms with Gasteiger partial charge in [0, 0.05) is 24.8 Å². The molecule has 0 aromatic heterocycles. The molecule has 88 valence electrons. The van der Waals surface area contributed by atoms with Crippen molar-refractivity contribution in [1.82, 2.24) is 0 Å². The third-order valence-electron chi connectivity index (χ3n) is 2.96. The number of piperidine rings is 1. The van der Waals surface area contributed by atoms with E-state index < -0.39 is 0 Å². The first-order valence-corrected chi connectivity index (χ1v) is 6.26. The van der Waals surface area contributed by atoms with E-state index in [4.69, 9.17) is 4.74 Å². The lowest BCUT2D eigenvalue weighted by atomic mass is 10.1. The lowest BCUT2D eigenvalue weighted by molar-refractivity contribution is 0.145. The molecular formula is C12H16BrNO2. The summed E-state index contributed by atoms with van der Waals surface area (Å²) >= 11 is 3.44. The van der Waals surface area contributed by atoms with E-state index in [1.165, 1.54) is 0 Å². The molecule has 0 saturated carbocycles. The van der Waals surface area contributed by atoms with Crippen LogP contribution in [-0.2, 0) is 0 Å². The number of ether oxygens (including phenoxy) is 1. The zero-order chi connectivity index (χ0) is 11.5. The molecular weight excluding hydrogens is 270 g/mol. The smallest absolute Gasteiger partial charge is 0.135 e. The molecule has 0 spiro atoms. The van der Waals surface area contributed by atoms with Crippen molar-refractivity contribution in [2.45, 2.75) is 18.9 Å².